The number of pyridine rings is 1. The molecule has 0 aromatic carbocycles. The van der Waals surface area contributed by atoms with Gasteiger partial charge >= 0.3 is 0 Å². The van der Waals surface area contributed by atoms with Crippen molar-refractivity contribution in [1.29, 1.82) is 0 Å². The molecule has 4 heterocycles. The van der Waals surface area contributed by atoms with Gasteiger partial charge in [0, 0.05) is 51.4 Å². The minimum atomic E-state index is -0.104. The lowest BCUT2D eigenvalue weighted by Crippen LogP contribution is -2.29. The van der Waals surface area contributed by atoms with Crippen molar-refractivity contribution in [2.45, 2.75) is 45.1 Å². The SMILES string of the molecule is CC(C)c1nc(CCN(C)C(=O)c2cnc3c(c2)ncn3C2CCOCC2)no1. The summed E-state index contributed by atoms with van der Waals surface area (Å²) in [5.74, 6) is 1.31. The predicted molar refractivity (Wildman–Crippen MR) is 106 cm³/mol. The molecule has 29 heavy (non-hydrogen) atoms. The zero-order valence-corrected chi connectivity index (χ0v) is 17.0. The second kappa shape index (κ2) is 8.28. The molecular formula is C20H26N6O3. The van der Waals surface area contributed by atoms with Crippen molar-refractivity contribution < 1.29 is 14.1 Å². The molecule has 1 aliphatic heterocycles. The van der Waals surface area contributed by atoms with Gasteiger partial charge in [0.25, 0.3) is 5.91 Å². The molecule has 0 N–H and O–H groups in total. The van der Waals surface area contributed by atoms with E-state index in [0.717, 1.165) is 37.2 Å². The molecule has 9 heteroatoms. The number of hydrogen-bond donors (Lipinski definition) is 0. The van der Waals surface area contributed by atoms with Crippen molar-refractivity contribution in [2.75, 3.05) is 26.8 Å². The Morgan fingerprint density at radius 1 is 1.31 bits per heavy atom. The van der Waals surface area contributed by atoms with E-state index in [9.17, 15) is 4.79 Å². The van der Waals surface area contributed by atoms with E-state index in [2.05, 4.69) is 24.7 Å². The van der Waals surface area contributed by atoms with Gasteiger partial charge in [0.15, 0.2) is 11.5 Å². The fraction of sp³-hybridized carbons (Fsp3) is 0.550. The van der Waals surface area contributed by atoms with Crippen LogP contribution < -0.4 is 0 Å². The van der Waals surface area contributed by atoms with Crippen molar-refractivity contribution in [3.8, 4) is 0 Å². The third kappa shape index (κ3) is 4.14. The summed E-state index contributed by atoms with van der Waals surface area (Å²) in [5, 5.41) is 3.97. The van der Waals surface area contributed by atoms with E-state index in [-0.39, 0.29) is 11.8 Å². The van der Waals surface area contributed by atoms with Gasteiger partial charge in [0.05, 0.1) is 11.9 Å². The summed E-state index contributed by atoms with van der Waals surface area (Å²) in [6, 6.07) is 2.15. The van der Waals surface area contributed by atoms with Crippen molar-refractivity contribution in [3.05, 3.63) is 35.9 Å². The highest BCUT2D eigenvalue weighted by atomic mass is 16.5. The monoisotopic (exact) mass is 398 g/mol. The maximum atomic E-state index is 12.8. The first-order chi connectivity index (χ1) is 14.0. The van der Waals surface area contributed by atoms with Gasteiger partial charge < -0.3 is 18.7 Å². The Balaban J connectivity index is 1.43. The standard InChI is InChI=1S/C20H26N6O3/c1-13(2)19-23-17(24-29-19)4-7-25(3)20(27)14-10-16-18(21-11-14)26(12-22-16)15-5-8-28-9-6-15/h10-13,15H,4-9H2,1-3H3. The molecule has 1 fully saturated rings. The van der Waals surface area contributed by atoms with Crippen LogP contribution in [-0.4, -0.2) is 62.3 Å². The number of likely N-dealkylation sites (N-methyl/N-ethyl adjacent to an activating group) is 1. The fourth-order valence-electron chi connectivity index (χ4n) is 3.46. The van der Waals surface area contributed by atoms with Crippen molar-refractivity contribution in [1.82, 2.24) is 29.6 Å². The molecule has 0 unspecified atom stereocenters. The molecule has 154 valence electrons. The normalized spacial score (nSPS) is 15.3. The number of amides is 1. The molecule has 1 aliphatic rings. The van der Waals surface area contributed by atoms with E-state index >= 15 is 0 Å². The average Bonchev–Trinajstić information content (AvgIpc) is 3.39. The third-order valence-corrected chi connectivity index (χ3v) is 5.24. The lowest BCUT2D eigenvalue weighted by molar-refractivity contribution is 0.0704. The highest BCUT2D eigenvalue weighted by Gasteiger charge is 2.20. The zero-order valence-electron chi connectivity index (χ0n) is 17.0. The molecule has 9 nitrogen and oxygen atoms in total. The summed E-state index contributed by atoms with van der Waals surface area (Å²) in [5.41, 5.74) is 2.06. The second-order valence-electron chi connectivity index (χ2n) is 7.74. The predicted octanol–water partition coefficient (Wildman–Crippen LogP) is 2.60. The van der Waals surface area contributed by atoms with Gasteiger partial charge in [0.1, 0.15) is 5.52 Å². The van der Waals surface area contributed by atoms with Gasteiger partial charge in [-0.15, -0.1) is 0 Å². The minimum absolute atomic E-state index is 0.104. The number of fused-ring (bicyclic) bond motifs is 1. The number of carbonyl (C=O) groups excluding carboxylic acids is 1. The molecule has 1 saturated heterocycles. The van der Waals surface area contributed by atoms with Crippen LogP contribution in [0.25, 0.3) is 11.2 Å². The topological polar surface area (TPSA) is 99.2 Å². The van der Waals surface area contributed by atoms with Gasteiger partial charge in [-0.1, -0.05) is 19.0 Å². The summed E-state index contributed by atoms with van der Waals surface area (Å²) in [6.45, 7) is 6.00. The first-order valence-electron chi connectivity index (χ1n) is 10.0. The zero-order chi connectivity index (χ0) is 20.4. The summed E-state index contributed by atoms with van der Waals surface area (Å²) >= 11 is 0. The van der Waals surface area contributed by atoms with Crippen LogP contribution in [0.5, 0.6) is 0 Å². The van der Waals surface area contributed by atoms with E-state index in [1.54, 1.807) is 18.1 Å². The van der Waals surface area contributed by atoms with E-state index in [0.29, 0.717) is 36.3 Å². The van der Waals surface area contributed by atoms with Crippen LogP contribution in [0, 0.1) is 0 Å². The number of hydrogen-bond acceptors (Lipinski definition) is 7. The molecule has 0 bridgehead atoms. The summed E-state index contributed by atoms with van der Waals surface area (Å²) in [7, 11) is 1.76. The first-order valence-corrected chi connectivity index (χ1v) is 10.0. The molecule has 0 radical (unpaired) electrons. The molecule has 0 spiro atoms. The quantitative estimate of drug-likeness (QED) is 0.629. The second-order valence-corrected chi connectivity index (χ2v) is 7.74. The Morgan fingerprint density at radius 3 is 2.83 bits per heavy atom. The number of carbonyl (C=O) groups is 1. The van der Waals surface area contributed by atoms with Crippen LogP contribution in [0.15, 0.2) is 23.1 Å². The lowest BCUT2D eigenvalue weighted by atomic mass is 10.1. The van der Waals surface area contributed by atoms with Crippen LogP contribution in [0.4, 0.5) is 0 Å². The summed E-state index contributed by atoms with van der Waals surface area (Å²) in [6.07, 6.45) is 5.88. The molecule has 0 atom stereocenters. The Kier molecular flexibility index (Phi) is 5.57. The number of aromatic nitrogens is 5. The number of imidazole rings is 1. The molecule has 3 aromatic heterocycles. The molecule has 3 aromatic rings. The van der Waals surface area contributed by atoms with Gasteiger partial charge in [-0.3, -0.25) is 4.79 Å². The molecular weight excluding hydrogens is 372 g/mol. The lowest BCUT2D eigenvalue weighted by Gasteiger charge is -2.23. The van der Waals surface area contributed by atoms with Gasteiger partial charge in [0.2, 0.25) is 5.89 Å². The highest BCUT2D eigenvalue weighted by molar-refractivity contribution is 5.96. The number of nitrogens with zero attached hydrogens (tertiary/aromatic N) is 6. The van der Waals surface area contributed by atoms with E-state index in [1.165, 1.54) is 0 Å². The smallest absolute Gasteiger partial charge is 0.255 e. The van der Waals surface area contributed by atoms with Crippen molar-refractivity contribution in [3.63, 3.8) is 0 Å². The summed E-state index contributed by atoms with van der Waals surface area (Å²) in [4.78, 5) is 27.8. The Bertz CT molecular complexity index is 989. The molecule has 4 rings (SSSR count). The van der Waals surface area contributed by atoms with E-state index in [1.807, 2.05) is 26.2 Å². The largest absolute Gasteiger partial charge is 0.381 e. The Hall–Kier alpha value is -2.81. The van der Waals surface area contributed by atoms with Crippen LogP contribution in [0.3, 0.4) is 0 Å². The maximum Gasteiger partial charge on any atom is 0.255 e. The van der Waals surface area contributed by atoms with Gasteiger partial charge in [-0.25, -0.2) is 9.97 Å². The third-order valence-electron chi connectivity index (χ3n) is 5.24. The number of rotatable bonds is 6. The Labute approximate surface area is 169 Å². The molecule has 0 aliphatic carbocycles. The Morgan fingerprint density at radius 2 is 2.10 bits per heavy atom. The van der Waals surface area contributed by atoms with Crippen molar-refractivity contribution in [2.24, 2.45) is 0 Å². The maximum absolute atomic E-state index is 12.8. The van der Waals surface area contributed by atoms with Crippen LogP contribution >= 0.6 is 0 Å². The van der Waals surface area contributed by atoms with E-state index in [4.69, 9.17) is 9.26 Å². The first kappa shape index (κ1) is 19.5. The van der Waals surface area contributed by atoms with Gasteiger partial charge in [-0.05, 0) is 18.9 Å². The summed E-state index contributed by atoms with van der Waals surface area (Å²) < 4.78 is 12.7. The van der Waals surface area contributed by atoms with Gasteiger partial charge in [-0.2, -0.15) is 4.98 Å². The average molecular weight is 398 g/mol. The minimum Gasteiger partial charge on any atom is -0.381 e. The molecule has 0 saturated carbocycles. The van der Waals surface area contributed by atoms with E-state index < -0.39 is 0 Å². The molecule has 1 amide bonds. The highest BCUT2D eigenvalue weighted by Crippen LogP contribution is 2.25. The van der Waals surface area contributed by atoms with Crippen molar-refractivity contribution >= 4 is 17.1 Å². The number of ether oxygens (including phenoxy) is 1. The fourth-order valence-corrected chi connectivity index (χ4v) is 3.46. The van der Waals surface area contributed by atoms with Crippen LogP contribution in [-0.2, 0) is 11.2 Å². The van der Waals surface area contributed by atoms with Crippen LogP contribution in [0.2, 0.25) is 0 Å². The van der Waals surface area contributed by atoms with Crippen LogP contribution in [0.1, 0.15) is 60.7 Å².